The minimum Gasteiger partial charge on any atom is -0.451 e. The van der Waals surface area contributed by atoms with Gasteiger partial charge in [0.1, 0.15) is 11.4 Å². The summed E-state index contributed by atoms with van der Waals surface area (Å²) in [6, 6.07) is 7.71. The van der Waals surface area contributed by atoms with Crippen LogP contribution in [0.15, 0.2) is 47.1 Å². The molecule has 3 aromatic rings. The van der Waals surface area contributed by atoms with Crippen molar-refractivity contribution in [3.63, 3.8) is 0 Å². The predicted molar refractivity (Wildman–Crippen MR) is 81.0 cm³/mol. The molecule has 0 bridgehead atoms. The lowest BCUT2D eigenvalue weighted by Crippen LogP contribution is -2.26. The molecule has 1 amide bonds. The summed E-state index contributed by atoms with van der Waals surface area (Å²) in [6.07, 6.45) is 3.38. The number of nitrogens with zero attached hydrogens (tertiary/aromatic N) is 1. The number of amides is 1. The van der Waals surface area contributed by atoms with E-state index in [9.17, 15) is 9.18 Å². The molecule has 1 unspecified atom stereocenters. The fraction of sp³-hybridized carbons (Fsp3) is 0.176. The first-order valence-corrected chi connectivity index (χ1v) is 6.95. The number of carbonyl (C=O) groups excluding carboxylic acids is 1. The monoisotopic (exact) mass is 298 g/mol. The summed E-state index contributed by atoms with van der Waals surface area (Å²) >= 11 is 0. The third-order valence-corrected chi connectivity index (χ3v) is 3.64. The molecule has 22 heavy (non-hydrogen) atoms. The maximum atomic E-state index is 13.3. The number of fused-ring (bicyclic) bond motifs is 1. The quantitative estimate of drug-likeness (QED) is 0.801. The van der Waals surface area contributed by atoms with E-state index in [-0.39, 0.29) is 23.5 Å². The Morgan fingerprint density at radius 2 is 2.18 bits per heavy atom. The van der Waals surface area contributed by atoms with Crippen molar-refractivity contribution in [2.24, 2.45) is 0 Å². The van der Waals surface area contributed by atoms with Gasteiger partial charge in [-0.2, -0.15) is 0 Å². The number of benzene rings is 1. The van der Waals surface area contributed by atoms with Crippen LogP contribution in [-0.2, 0) is 0 Å². The molecule has 5 heteroatoms. The second-order valence-electron chi connectivity index (χ2n) is 5.18. The summed E-state index contributed by atoms with van der Waals surface area (Å²) in [5.41, 5.74) is 2.03. The SMILES string of the molecule is Cc1c(C(=O)NC(C)c2cccnc2)oc2ccc(F)cc12. The van der Waals surface area contributed by atoms with Crippen molar-refractivity contribution in [1.29, 1.82) is 0 Å². The molecule has 0 aliphatic heterocycles. The molecule has 0 aliphatic carbocycles. The summed E-state index contributed by atoms with van der Waals surface area (Å²) in [5, 5.41) is 3.47. The maximum absolute atomic E-state index is 13.3. The molecular weight excluding hydrogens is 283 g/mol. The van der Waals surface area contributed by atoms with Crippen LogP contribution in [0.25, 0.3) is 11.0 Å². The van der Waals surface area contributed by atoms with Crippen LogP contribution in [0.3, 0.4) is 0 Å². The molecule has 1 aromatic carbocycles. The third kappa shape index (κ3) is 2.57. The fourth-order valence-electron chi connectivity index (χ4n) is 2.39. The lowest BCUT2D eigenvalue weighted by atomic mass is 10.1. The van der Waals surface area contributed by atoms with Gasteiger partial charge in [-0.05, 0) is 43.7 Å². The minimum absolute atomic E-state index is 0.203. The van der Waals surface area contributed by atoms with E-state index in [1.165, 1.54) is 18.2 Å². The van der Waals surface area contributed by atoms with Gasteiger partial charge in [0.25, 0.3) is 5.91 Å². The van der Waals surface area contributed by atoms with E-state index >= 15 is 0 Å². The van der Waals surface area contributed by atoms with E-state index in [1.807, 2.05) is 19.1 Å². The van der Waals surface area contributed by atoms with Crippen molar-refractivity contribution in [2.45, 2.75) is 19.9 Å². The summed E-state index contributed by atoms with van der Waals surface area (Å²) in [6.45, 7) is 3.61. The zero-order chi connectivity index (χ0) is 15.7. The van der Waals surface area contributed by atoms with Crippen molar-refractivity contribution >= 4 is 16.9 Å². The molecule has 2 aromatic heterocycles. The Balaban J connectivity index is 1.88. The van der Waals surface area contributed by atoms with Crippen LogP contribution in [0, 0.1) is 12.7 Å². The first kappa shape index (κ1) is 14.3. The Bertz CT molecular complexity index is 827. The number of furan rings is 1. The Labute approximate surface area is 127 Å². The number of hydrogen-bond acceptors (Lipinski definition) is 3. The Morgan fingerprint density at radius 3 is 2.91 bits per heavy atom. The molecule has 0 saturated carbocycles. The fourth-order valence-corrected chi connectivity index (χ4v) is 2.39. The van der Waals surface area contributed by atoms with E-state index in [4.69, 9.17) is 4.42 Å². The van der Waals surface area contributed by atoms with E-state index in [0.29, 0.717) is 16.5 Å². The summed E-state index contributed by atoms with van der Waals surface area (Å²) in [4.78, 5) is 16.4. The van der Waals surface area contributed by atoms with E-state index in [0.717, 1.165) is 5.56 Å². The maximum Gasteiger partial charge on any atom is 0.287 e. The normalized spacial score (nSPS) is 12.3. The van der Waals surface area contributed by atoms with Crippen LogP contribution in [0.1, 0.15) is 34.6 Å². The highest BCUT2D eigenvalue weighted by molar-refractivity contribution is 5.99. The molecule has 3 rings (SSSR count). The van der Waals surface area contributed by atoms with Crippen LogP contribution in [0.5, 0.6) is 0 Å². The molecule has 0 spiro atoms. The molecule has 2 heterocycles. The minimum atomic E-state index is -0.355. The van der Waals surface area contributed by atoms with Gasteiger partial charge >= 0.3 is 0 Å². The van der Waals surface area contributed by atoms with Gasteiger partial charge in [-0.25, -0.2) is 4.39 Å². The smallest absolute Gasteiger partial charge is 0.287 e. The number of rotatable bonds is 3. The van der Waals surface area contributed by atoms with E-state index in [2.05, 4.69) is 10.3 Å². The molecule has 4 nitrogen and oxygen atoms in total. The van der Waals surface area contributed by atoms with Crippen molar-refractivity contribution < 1.29 is 13.6 Å². The Kier molecular flexibility index (Phi) is 3.63. The molecule has 0 aliphatic rings. The van der Waals surface area contributed by atoms with Gasteiger partial charge in [-0.1, -0.05) is 6.07 Å². The van der Waals surface area contributed by atoms with Crippen molar-refractivity contribution in [1.82, 2.24) is 10.3 Å². The number of aromatic nitrogens is 1. The summed E-state index contributed by atoms with van der Waals surface area (Å²) in [7, 11) is 0. The molecule has 112 valence electrons. The lowest BCUT2D eigenvalue weighted by Gasteiger charge is -2.12. The molecule has 1 atom stereocenters. The molecule has 0 radical (unpaired) electrons. The molecular formula is C17H15FN2O2. The zero-order valence-corrected chi connectivity index (χ0v) is 12.3. The van der Waals surface area contributed by atoms with Crippen LogP contribution in [0.2, 0.25) is 0 Å². The van der Waals surface area contributed by atoms with Gasteiger partial charge in [0.2, 0.25) is 0 Å². The predicted octanol–water partition coefficient (Wildman–Crippen LogP) is 3.77. The van der Waals surface area contributed by atoms with Crippen LogP contribution < -0.4 is 5.32 Å². The Morgan fingerprint density at radius 1 is 1.36 bits per heavy atom. The number of nitrogens with one attached hydrogen (secondary N) is 1. The first-order valence-electron chi connectivity index (χ1n) is 6.95. The first-order chi connectivity index (χ1) is 10.6. The lowest BCUT2D eigenvalue weighted by molar-refractivity contribution is 0.0913. The van der Waals surface area contributed by atoms with Gasteiger partial charge in [0, 0.05) is 23.3 Å². The van der Waals surface area contributed by atoms with Crippen molar-refractivity contribution in [3.8, 4) is 0 Å². The number of pyridine rings is 1. The number of hydrogen-bond donors (Lipinski definition) is 1. The highest BCUT2D eigenvalue weighted by Gasteiger charge is 2.20. The van der Waals surface area contributed by atoms with Crippen LogP contribution >= 0.6 is 0 Å². The second kappa shape index (κ2) is 5.60. The standard InChI is InChI=1S/C17H15FN2O2/c1-10-14-8-13(18)5-6-15(14)22-16(10)17(21)20-11(2)12-4-3-7-19-9-12/h3-9,11H,1-2H3,(H,20,21). The van der Waals surface area contributed by atoms with Gasteiger partial charge in [-0.15, -0.1) is 0 Å². The van der Waals surface area contributed by atoms with E-state index < -0.39 is 0 Å². The van der Waals surface area contributed by atoms with E-state index in [1.54, 1.807) is 19.3 Å². The highest BCUT2D eigenvalue weighted by Crippen LogP contribution is 2.26. The van der Waals surface area contributed by atoms with Crippen molar-refractivity contribution in [2.75, 3.05) is 0 Å². The summed E-state index contributed by atoms with van der Waals surface area (Å²) in [5.74, 6) is -0.478. The van der Waals surface area contributed by atoms with Crippen molar-refractivity contribution in [3.05, 3.63) is 65.4 Å². The largest absolute Gasteiger partial charge is 0.451 e. The van der Waals surface area contributed by atoms with Crippen LogP contribution in [0.4, 0.5) is 4.39 Å². The topological polar surface area (TPSA) is 55.1 Å². The zero-order valence-electron chi connectivity index (χ0n) is 12.3. The number of halogens is 1. The summed E-state index contributed by atoms with van der Waals surface area (Å²) < 4.78 is 18.9. The number of aryl methyl sites for hydroxylation is 1. The Hall–Kier alpha value is -2.69. The van der Waals surface area contributed by atoms with Crippen LogP contribution in [-0.4, -0.2) is 10.9 Å². The van der Waals surface area contributed by atoms with Gasteiger partial charge in [0.05, 0.1) is 6.04 Å². The average molecular weight is 298 g/mol. The number of carbonyl (C=O) groups is 1. The van der Waals surface area contributed by atoms with Gasteiger partial charge in [0.15, 0.2) is 5.76 Å². The highest BCUT2D eigenvalue weighted by atomic mass is 19.1. The molecule has 1 N–H and O–H groups in total. The molecule has 0 saturated heterocycles. The molecule has 0 fully saturated rings. The average Bonchev–Trinajstić information content (AvgIpc) is 2.85. The third-order valence-electron chi connectivity index (χ3n) is 3.64. The van der Waals surface area contributed by atoms with Gasteiger partial charge < -0.3 is 9.73 Å². The second-order valence-corrected chi connectivity index (χ2v) is 5.18. The van der Waals surface area contributed by atoms with Gasteiger partial charge in [-0.3, -0.25) is 9.78 Å².